The summed E-state index contributed by atoms with van der Waals surface area (Å²) in [7, 11) is 0. The SMILES string of the molecule is C=C(Cl)C(=O)Nc1cc(C(C)(C)C)[nH]n1. The molecule has 0 aliphatic rings. The molecule has 1 rings (SSSR count). The molecule has 1 aromatic rings. The fourth-order valence-corrected chi connectivity index (χ4v) is 1.00. The van der Waals surface area contributed by atoms with Gasteiger partial charge in [-0.15, -0.1) is 0 Å². The molecule has 0 bridgehead atoms. The van der Waals surface area contributed by atoms with E-state index in [9.17, 15) is 4.79 Å². The minimum atomic E-state index is -0.441. The number of rotatable bonds is 2. The molecule has 0 aromatic carbocycles. The molecule has 4 nitrogen and oxygen atoms in total. The molecule has 1 aromatic heterocycles. The van der Waals surface area contributed by atoms with Crippen molar-refractivity contribution in [1.29, 1.82) is 0 Å². The van der Waals surface area contributed by atoms with E-state index in [1.54, 1.807) is 6.07 Å². The zero-order chi connectivity index (χ0) is 11.6. The molecular formula is C10H14ClN3O. The van der Waals surface area contributed by atoms with Crippen LogP contribution in [0.3, 0.4) is 0 Å². The molecule has 1 heterocycles. The number of nitrogens with zero attached hydrogens (tertiary/aromatic N) is 1. The van der Waals surface area contributed by atoms with Gasteiger partial charge in [0.05, 0.1) is 5.03 Å². The molecule has 15 heavy (non-hydrogen) atoms. The topological polar surface area (TPSA) is 57.8 Å². The molecule has 82 valence electrons. The van der Waals surface area contributed by atoms with Crippen molar-refractivity contribution in [2.24, 2.45) is 0 Å². The molecular weight excluding hydrogens is 214 g/mol. The molecule has 0 saturated carbocycles. The molecule has 0 radical (unpaired) electrons. The standard InChI is InChI=1S/C10H14ClN3O/c1-6(11)9(15)12-8-5-7(13-14-8)10(2,3)4/h5H,1H2,2-4H3,(H2,12,13,14,15). The monoisotopic (exact) mass is 227 g/mol. The van der Waals surface area contributed by atoms with E-state index in [2.05, 4.69) is 22.1 Å². The quantitative estimate of drug-likeness (QED) is 0.763. The molecule has 0 fully saturated rings. The number of carbonyl (C=O) groups is 1. The first-order valence-electron chi connectivity index (χ1n) is 4.52. The third-order valence-electron chi connectivity index (χ3n) is 1.87. The highest BCUT2D eigenvalue weighted by Crippen LogP contribution is 2.22. The second-order valence-electron chi connectivity index (χ2n) is 4.28. The van der Waals surface area contributed by atoms with E-state index in [4.69, 9.17) is 11.6 Å². The fourth-order valence-electron chi connectivity index (χ4n) is 0.954. The summed E-state index contributed by atoms with van der Waals surface area (Å²) in [5, 5.41) is 9.26. The summed E-state index contributed by atoms with van der Waals surface area (Å²) in [5.74, 6) is 0.00958. The second kappa shape index (κ2) is 4.06. The van der Waals surface area contributed by atoms with Crippen LogP contribution in [0.25, 0.3) is 0 Å². The van der Waals surface area contributed by atoms with Gasteiger partial charge in [0.2, 0.25) is 0 Å². The van der Waals surface area contributed by atoms with Gasteiger partial charge in [-0.3, -0.25) is 9.89 Å². The summed E-state index contributed by atoms with van der Waals surface area (Å²) >= 11 is 5.43. The minimum Gasteiger partial charge on any atom is -0.304 e. The van der Waals surface area contributed by atoms with Crippen LogP contribution >= 0.6 is 11.6 Å². The van der Waals surface area contributed by atoms with Crippen molar-refractivity contribution < 1.29 is 4.79 Å². The van der Waals surface area contributed by atoms with Gasteiger partial charge in [-0.05, 0) is 0 Å². The van der Waals surface area contributed by atoms with Crippen molar-refractivity contribution in [3.63, 3.8) is 0 Å². The molecule has 0 aliphatic carbocycles. The van der Waals surface area contributed by atoms with Crippen molar-refractivity contribution in [2.45, 2.75) is 26.2 Å². The maximum absolute atomic E-state index is 11.2. The molecule has 1 amide bonds. The first kappa shape index (κ1) is 11.8. The van der Waals surface area contributed by atoms with Crippen LogP contribution in [0.4, 0.5) is 5.82 Å². The minimum absolute atomic E-state index is 0.0338. The third kappa shape index (κ3) is 3.09. The van der Waals surface area contributed by atoms with Gasteiger partial charge in [-0.2, -0.15) is 5.10 Å². The van der Waals surface area contributed by atoms with Crippen LogP contribution in [0, 0.1) is 0 Å². The van der Waals surface area contributed by atoms with Gasteiger partial charge in [0, 0.05) is 17.2 Å². The summed E-state index contributed by atoms with van der Waals surface area (Å²) in [4.78, 5) is 11.2. The third-order valence-corrected chi connectivity index (χ3v) is 2.05. The van der Waals surface area contributed by atoms with Crippen LogP contribution in [0.5, 0.6) is 0 Å². The lowest BCUT2D eigenvalue weighted by atomic mass is 9.92. The van der Waals surface area contributed by atoms with Gasteiger partial charge in [0.15, 0.2) is 5.82 Å². The van der Waals surface area contributed by atoms with Crippen LogP contribution in [-0.2, 0) is 10.2 Å². The Bertz CT molecular complexity index is 390. The number of H-pyrrole nitrogens is 1. The van der Waals surface area contributed by atoms with Crippen molar-refractivity contribution in [1.82, 2.24) is 10.2 Å². The van der Waals surface area contributed by atoms with Crippen molar-refractivity contribution in [2.75, 3.05) is 5.32 Å². The Morgan fingerprint density at radius 1 is 1.60 bits per heavy atom. The highest BCUT2D eigenvalue weighted by atomic mass is 35.5. The number of halogens is 1. The first-order chi connectivity index (χ1) is 6.80. The molecule has 0 spiro atoms. The maximum Gasteiger partial charge on any atom is 0.267 e. The van der Waals surface area contributed by atoms with Crippen molar-refractivity contribution in [3.8, 4) is 0 Å². The summed E-state index contributed by atoms with van der Waals surface area (Å²) in [6.07, 6.45) is 0. The number of hydrogen-bond acceptors (Lipinski definition) is 2. The molecule has 0 unspecified atom stereocenters. The number of nitrogens with one attached hydrogen (secondary N) is 2. The average Bonchev–Trinajstić information content (AvgIpc) is 2.51. The molecule has 5 heteroatoms. The Labute approximate surface area is 93.7 Å². The Kier molecular flexibility index (Phi) is 3.19. The number of aromatic amines is 1. The summed E-state index contributed by atoms with van der Waals surface area (Å²) in [5.41, 5.74) is 0.909. The second-order valence-corrected chi connectivity index (χ2v) is 4.73. The van der Waals surface area contributed by atoms with Gasteiger partial charge >= 0.3 is 0 Å². The van der Waals surface area contributed by atoms with Crippen LogP contribution in [0.1, 0.15) is 26.5 Å². The Hall–Kier alpha value is -1.29. The lowest BCUT2D eigenvalue weighted by Gasteiger charge is -2.14. The Morgan fingerprint density at radius 2 is 2.20 bits per heavy atom. The molecule has 0 saturated heterocycles. The lowest BCUT2D eigenvalue weighted by molar-refractivity contribution is -0.112. The number of carbonyl (C=O) groups excluding carboxylic acids is 1. The van der Waals surface area contributed by atoms with Crippen molar-refractivity contribution >= 4 is 23.3 Å². The summed E-state index contributed by atoms with van der Waals surface area (Å²) in [6, 6.07) is 1.78. The maximum atomic E-state index is 11.2. The van der Waals surface area contributed by atoms with Crippen molar-refractivity contribution in [3.05, 3.63) is 23.4 Å². The van der Waals surface area contributed by atoms with Gasteiger partial charge in [0.1, 0.15) is 0 Å². The van der Waals surface area contributed by atoms with E-state index >= 15 is 0 Å². The van der Waals surface area contributed by atoms with Crippen LogP contribution in [-0.4, -0.2) is 16.1 Å². The zero-order valence-electron chi connectivity index (χ0n) is 9.02. The van der Waals surface area contributed by atoms with E-state index in [-0.39, 0.29) is 10.4 Å². The Balaban J connectivity index is 2.78. The lowest BCUT2D eigenvalue weighted by Crippen LogP contribution is -2.12. The van der Waals surface area contributed by atoms with Gasteiger partial charge in [-0.1, -0.05) is 39.0 Å². The summed E-state index contributed by atoms with van der Waals surface area (Å²) in [6.45, 7) is 9.47. The number of aromatic nitrogens is 2. The van der Waals surface area contributed by atoms with Gasteiger partial charge in [-0.25, -0.2) is 0 Å². The van der Waals surface area contributed by atoms with Crippen LogP contribution in [0.15, 0.2) is 17.7 Å². The fraction of sp³-hybridized carbons (Fsp3) is 0.400. The first-order valence-corrected chi connectivity index (χ1v) is 4.90. The number of hydrogen-bond donors (Lipinski definition) is 2. The normalized spacial score (nSPS) is 11.2. The van der Waals surface area contributed by atoms with E-state index in [1.165, 1.54) is 0 Å². The molecule has 0 aliphatic heterocycles. The highest BCUT2D eigenvalue weighted by Gasteiger charge is 2.17. The smallest absolute Gasteiger partial charge is 0.267 e. The van der Waals surface area contributed by atoms with E-state index < -0.39 is 5.91 Å². The predicted octanol–water partition coefficient (Wildman–Crippen LogP) is 2.40. The van der Waals surface area contributed by atoms with E-state index in [0.29, 0.717) is 5.82 Å². The van der Waals surface area contributed by atoms with Crippen LogP contribution < -0.4 is 5.32 Å². The van der Waals surface area contributed by atoms with Crippen LogP contribution in [0.2, 0.25) is 0 Å². The number of anilines is 1. The molecule has 2 N–H and O–H groups in total. The van der Waals surface area contributed by atoms with E-state index in [0.717, 1.165) is 5.69 Å². The average molecular weight is 228 g/mol. The van der Waals surface area contributed by atoms with Gasteiger partial charge < -0.3 is 5.32 Å². The van der Waals surface area contributed by atoms with E-state index in [1.807, 2.05) is 20.8 Å². The Morgan fingerprint density at radius 3 is 2.60 bits per heavy atom. The molecule has 0 atom stereocenters. The zero-order valence-corrected chi connectivity index (χ0v) is 9.77. The largest absolute Gasteiger partial charge is 0.304 e. The van der Waals surface area contributed by atoms with Gasteiger partial charge in [0.25, 0.3) is 5.91 Å². The summed E-state index contributed by atoms with van der Waals surface area (Å²) < 4.78 is 0. The number of amides is 1. The highest BCUT2D eigenvalue weighted by molar-refractivity contribution is 6.43. The predicted molar refractivity (Wildman–Crippen MR) is 60.9 cm³/mol.